The van der Waals surface area contributed by atoms with Crippen LogP contribution in [0.25, 0.3) is 0 Å². The molecular formula is C16H20. The first kappa shape index (κ1) is 11.3. The van der Waals surface area contributed by atoms with Crippen molar-refractivity contribution in [1.29, 1.82) is 0 Å². The average molecular weight is 212 g/mol. The lowest BCUT2D eigenvalue weighted by molar-refractivity contribution is 0.611. The lowest BCUT2D eigenvalue weighted by Gasteiger charge is -2.08. The van der Waals surface area contributed by atoms with Gasteiger partial charge in [0.15, 0.2) is 0 Å². The van der Waals surface area contributed by atoms with E-state index in [4.69, 9.17) is 0 Å². The smallest absolute Gasteiger partial charge is 0.0309 e. The third kappa shape index (κ3) is 2.30. The monoisotopic (exact) mass is 212 g/mol. The first-order chi connectivity index (χ1) is 7.83. The molecule has 0 heterocycles. The molecule has 2 rings (SSSR count). The van der Waals surface area contributed by atoms with Crippen molar-refractivity contribution in [2.75, 3.05) is 0 Å². The van der Waals surface area contributed by atoms with Gasteiger partial charge in [0.2, 0.25) is 0 Å². The van der Waals surface area contributed by atoms with E-state index in [1.54, 1.807) is 0 Å². The van der Waals surface area contributed by atoms with Crippen LogP contribution in [0.4, 0.5) is 0 Å². The minimum Gasteiger partial charge on any atom is -0.103 e. The first-order valence-electron chi connectivity index (χ1n) is 6.39. The summed E-state index contributed by atoms with van der Waals surface area (Å²) >= 11 is 0. The normalized spacial score (nSPS) is 22.4. The van der Waals surface area contributed by atoms with E-state index in [-0.39, 0.29) is 0 Å². The molecule has 0 N–H and O–H groups in total. The van der Waals surface area contributed by atoms with Gasteiger partial charge in [0.1, 0.15) is 0 Å². The summed E-state index contributed by atoms with van der Waals surface area (Å²) in [6.45, 7) is 4.53. The molecule has 0 fully saturated rings. The maximum absolute atomic E-state index is 3.46. The van der Waals surface area contributed by atoms with Crippen LogP contribution in [0.2, 0.25) is 0 Å². The Labute approximate surface area is 99.1 Å². The van der Waals surface area contributed by atoms with Gasteiger partial charge in [-0.2, -0.15) is 0 Å². The first-order valence-corrected chi connectivity index (χ1v) is 6.39. The predicted molar refractivity (Wildman–Crippen MR) is 69.4 cm³/mol. The second kappa shape index (κ2) is 5.21. The van der Waals surface area contributed by atoms with Crippen LogP contribution < -0.4 is 0 Å². The lowest BCUT2D eigenvalue weighted by Crippen LogP contribution is -2.00. The summed E-state index contributed by atoms with van der Waals surface area (Å²) in [7, 11) is 0. The Balaban J connectivity index is 2.03. The minimum absolute atomic E-state index is 0.550. The van der Waals surface area contributed by atoms with Gasteiger partial charge in [-0.15, -0.1) is 5.92 Å². The van der Waals surface area contributed by atoms with Crippen LogP contribution in [-0.2, 0) is 6.42 Å². The summed E-state index contributed by atoms with van der Waals surface area (Å²) in [5.74, 6) is 7.97. The summed E-state index contributed by atoms with van der Waals surface area (Å²) in [5.41, 5.74) is 3.02. The van der Waals surface area contributed by atoms with Gasteiger partial charge in [-0.3, -0.25) is 0 Å². The number of unbranched alkanes of at least 4 members (excludes halogenated alkanes) is 2. The molecule has 1 aromatic carbocycles. The molecule has 1 aliphatic rings. The molecular weight excluding hydrogens is 192 g/mol. The third-order valence-corrected chi connectivity index (χ3v) is 3.53. The van der Waals surface area contributed by atoms with E-state index < -0.39 is 0 Å². The van der Waals surface area contributed by atoms with E-state index in [1.807, 2.05) is 0 Å². The predicted octanol–water partition coefficient (Wildman–Crippen LogP) is 4.16. The largest absolute Gasteiger partial charge is 0.103 e. The quantitative estimate of drug-likeness (QED) is 0.510. The molecule has 1 aliphatic carbocycles. The second-order valence-corrected chi connectivity index (χ2v) is 4.72. The Morgan fingerprint density at radius 1 is 1.31 bits per heavy atom. The molecule has 0 aliphatic heterocycles. The summed E-state index contributed by atoms with van der Waals surface area (Å²) < 4.78 is 0. The van der Waals surface area contributed by atoms with Gasteiger partial charge in [0.25, 0.3) is 0 Å². The molecule has 0 spiro atoms. The highest BCUT2D eigenvalue weighted by atomic mass is 14.3. The molecule has 0 radical (unpaired) electrons. The Kier molecular flexibility index (Phi) is 3.67. The maximum Gasteiger partial charge on any atom is 0.0309 e. The molecule has 16 heavy (non-hydrogen) atoms. The van der Waals surface area contributed by atoms with Crippen LogP contribution in [0.5, 0.6) is 0 Å². The average Bonchev–Trinajstić information content (AvgIpc) is 2.63. The van der Waals surface area contributed by atoms with Crippen molar-refractivity contribution < 1.29 is 0 Å². The minimum atomic E-state index is 0.550. The van der Waals surface area contributed by atoms with E-state index >= 15 is 0 Å². The summed E-state index contributed by atoms with van der Waals surface area (Å²) in [4.78, 5) is 0. The van der Waals surface area contributed by atoms with Gasteiger partial charge >= 0.3 is 0 Å². The molecule has 2 atom stereocenters. The lowest BCUT2D eigenvalue weighted by atomic mass is 9.95. The van der Waals surface area contributed by atoms with E-state index in [0.29, 0.717) is 11.8 Å². The zero-order chi connectivity index (χ0) is 11.4. The van der Waals surface area contributed by atoms with Crippen molar-refractivity contribution in [3.63, 3.8) is 0 Å². The molecule has 0 saturated heterocycles. The van der Waals surface area contributed by atoms with Gasteiger partial charge in [0, 0.05) is 12.3 Å². The molecule has 0 amide bonds. The third-order valence-electron chi connectivity index (χ3n) is 3.53. The summed E-state index contributed by atoms with van der Waals surface area (Å²) in [5, 5.41) is 0. The molecule has 0 saturated carbocycles. The van der Waals surface area contributed by atoms with E-state index in [2.05, 4.69) is 50.0 Å². The van der Waals surface area contributed by atoms with E-state index in [0.717, 1.165) is 12.8 Å². The van der Waals surface area contributed by atoms with Crippen molar-refractivity contribution in [3.8, 4) is 11.8 Å². The van der Waals surface area contributed by atoms with E-state index in [1.165, 1.54) is 24.0 Å². The number of fused-ring (bicyclic) bond motifs is 1. The molecule has 0 aromatic heterocycles. The second-order valence-electron chi connectivity index (χ2n) is 4.72. The Morgan fingerprint density at radius 3 is 2.88 bits per heavy atom. The molecule has 0 heteroatoms. The van der Waals surface area contributed by atoms with Crippen molar-refractivity contribution >= 4 is 0 Å². The van der Waals surface area contributed by atoms with Crippen molar-refractivity contribution in [1.82, 2.24) is 0 Å². The van der Waals surface area contributed by atoms with Crippen LogP contribution in [0.1, 0.15) is 50.2 Å². The van der Waals surface area contributed by atoms with Crippen molar-refractivity contribution in [3.05, 3.63) is 35.4 Å². The number of rotatable bonds is 2. The van der Waals surface area contributed by atoms with Gasteiger partial charge in [0.05, 0.1) is 0 Å². The van der Waals surface area contributed by atoms with Crippen molar-refractivity contribution in [2.24, 2.45) is 5.92 Å². The van der Waals surface area contributed by atoms with Crippen LogP contribution in [-0.4, -0.2) is 0 Å². The molecule has 84 valence electrons. The highest BCUT2D eigenvalue weighted by Gasteiger charge is 2.26. The van der Waals surface area contributed by atoms with Gasteiger partial charge in [-0.25, -0.2) is 0 Å². The summed E-state index contributed by atoms with van der Waals surface area (Å²) in [6, 6.07) is 8.79. The SMILES string of the molecule is CCCCC#C[C@@H]1Cc2ccccc2[C@H]1C. The van der Waals surface area contributed by atoms with Gasteiger partial charge in [-0.1, -0.05) is 50.5 Å². The van der Waals surface area contributed by atoms with Crippen molar-refractivity contribution in [2.45, 2.75) is 45.4 Å². The highest BCUT2D eigenvalue weighted by molar-refractivity contribution is 5.38. The zero-order valence-electron chi connectivity index (χ0n) is 10.3. The fourth-order valence-corrected chi connectivity index (χ4v) is 2.44. The van der Waals surface area contributed by atoms with E-state index in [9.17, 15) is 0 Å². The van der Waals surface area contributed by atoms with Crippen LogP contribution >= 0.6 is 0 Å². The molecule has 0 unspecified atom stereocenters. The Bertz CT molecular complexity index is 406. The number of benzene rings is 1. The highest BCUT2D eigenvalue weighted by Crippen LogP contribution is 2.36. The fraction of sp³-hybridized carbons (Fsp3) is 0.500. The van der Waals surface area contributed by atoms with Gasteiger partial charge < -0.3 is 0 Å². The summed E-state index contributed by atoms with van der Waals surface area (Å²) in [6.07, 6.45) is 4.70. The zero-order valence-corrected chi connectivity index (χ0v) is 10.3. The standard InChI is InChI=1S/C16H20/c1-3-4-5-6-9-14-12-15-10-7-8-11-16(15)13(14)2/h7-8,10-11,13-14H,3-5,12H2,1-2H3/t13-,14+/m0/s1. The van der Waals surface area contributed by atoms with Crippen LogP contribution in [0.15, 0.2) is 24.3 Å². The fourth-order valence-electron chi connectivity index (χ4n) is 2.44. The van der Waals surface area contributed by atoms with Crippen LogP contribution in [0, 0.1) is 17.8 Å². The molecule has 0 bridgehead atoms. The van der Waals surface area contributed by atoms with Gasteiger partial charge in [-0.05, 0) is 29.9 Å². The molecule has 0 nitrogen and oxygen atoms in total. The maximum atomic E-state index is 3.46. The number of hydrogen-bond donors (Lipinski definition) is 0. The molecule has 1 aromatic rings. The van der Waals surface area contributed by atoms with Crippen LogP contribution in [0.3, 0.4) is 0 Å². The Hall–Kier alpha value is -1.22. The Morgan fingerprint density at radius 2 is 2.12 bits per heavy atom. The number of hydrogen-bond acceptors (Lipinski definition) is 0. The topological polar surface area (TPSA) is 0 Å².